The summed E-state index contributed by atoms with van der Waals surface area (Å²) in [6.45, 7) is 0. The first-order valence-electron chi connectivity index (χ1n) is 3.10. The number of H-pyrrole nitrogens is 1. The summed E-state index contributed by atoms with van der Waals surface area (Å²) in [6, 6.07) is 1.75. The summed E-state index contributed by atoms with van der Waals surface area (Å²) in [7, 11) is 0. The van der Waals surface area contributed by atoms with Crippen LogP contribution in [0.25, 0.3) is 11.5 Å². The molecule has 0 bridgehead atoms. The van der Waals surface area contributed by atoms with Crippen LogP contribution in [0.1, 0.15) is 0 Å². The second kappa shape index (κ2) is 2.45. The fourth-order valence-corrected chi connectivity index (χ4v) is 0.741. The molecule has 0 saturated heterocycles. The molecule has 0 aromatic carbocycles. The number of nitrogens with one attached hydrogen (secondary N) is 1. The van der Waals surface area contributed by atoms with E-state index in [1.165, 1.54) is 0 Å². The number of nitrogens with zero attached hydrogens (tertiary/aromatic N) is 4. The van der Waals surface area contributed by atoms with Crippen LogP contribution in [0.3, 0.4) is 0 Å². The Bertz CT molecular complexity index is 314. The van der Waals surface area contributed by atoms with E-state index in [0.717, 1.165) is 0 Å². The van der Waals surface area contributed by atoms with Gasteiger partial charge in [-0.25, -0.2) is 9.97 Å². The highest BCUT2D eigenvalue weighted by atomic mass is 15.3. The molecule has 2 aromatic heterocycles. The van der Waals surface area contributed by atoms with E-state index in [1.807, 2.05) is 0 Å². The van der Waals surface area contributed by atoms with Crippen LogP contribution < -0.4 is 0 Å². The first-order chi connectivity index (χ1) is 5.47. The third-order valence-corrected chi connectivity index (χ3v) is 1.21. The molecule has 0 aliphatic rings. The summed E-state index contributed by atoms with van der Waals surface area (Å²) in [4.78, 5) is 7.98. The molecule has 2 rings (SSSR count). The summed E-state index contributed by atoms with van der Waals surface area (Å²) < 4.78 is 0. The number of aromatic nitrogens is 5. The van der Waals surface area contributed by atoms with Gasteiger partial charge in [-0.05, 0) is 6.07 Å². The summed E-state index contributed by atoms with van der Waals surface area (Å²) in [6.07, 6.45) is 4.91. The molecule has 0 aliphatic heterocycles. The van der Waals surface area contributed by atoms with Crippen molar-refractivity contribution in [1.82, 2.24) is 25.4 Å². The van der Waals surface area contributed by atoms with Gasteiger partial charge < -0.3 is 0 Å². The van der Waals surface area contributed by atoms with Crippen molar-refractivity contribution in [1.29, 1.82) is 0 Å². The minimum Gasteiger partial charge on any atom is -0.235 e. The molecular weight excluding hydrogens is 142 g/mol. The van der Waals surface area contributed by atoms with E-state index in [9.17, 15) is 0 Å². The minimum absolute atomic E-state index is 0.584. The van der Waals surface area contributed by atoms with Crippen molar-refractivity contribution >= 4 is 0 Å². The van der Waals surface area contributed by atoms with Gasteiger partial charge in [-0.15, -0.1) is 0 Å². The number of aromatic amines is 1. The number of hydrogen-bond donors (Lipinski definition) is 1. The van der Waals surface area contributed by atoms with E-state index >= 15 is 0 Å². The molecule has 5 heteroatoms. The summed E-state index contributed by atoms with van der Waals surface area (Å²) >= 11 is 0. The lowest BCUT2D eigenvalue weighted by molar-refractivity contribution is 0.938. The number of hydrogen-bond acceptors (Lipinski definition) is 4. The van der Waals surface area contributed by atoms with Crippen LogP contribution in [0.2, 0.25) is 0 Å². The highest BCUT2D eigenvalue weighted by Crippen LogP contribution is 2.05. The summed E-state index contributed by atoms with van der Waals surface area (Å²) in [5, 5.41) is 9.96. The largest absolute Gasteiger partial charge is 0.235 e. The maximum atomic E-state index is 3.99. The second-order valence-electron chi connectivity index (χ2n) is 1.93. The second-order valence-corrected chi connectivity index (χ2v) is 1.93. The van der Waals surface area contributed by atoms with Crippen LogP contribution in [0, 0.1) is 0 Å². The van der Waals surface area contributed by atoms with Gasteiger partial charge in [0.1, 0.15) is 5.69 Å². The fourth-order valence-electron chi connectivity index (χ4n) is 0.741. The minimum atomic E-state index is 0.584. The van der Waals surface area contributed by atoms with Crippen LogP contribution in [-0.2, 0) is 0 Å². The first-order valence-corrected chi connectivity index (χ1v) is 3.10. The smallest absolute Gasteiger partial charge is 0.181 e. The molecule has 0 unspecified atom stereocenters. The Balaban J connectivity index is 2.46. The molecular formula is C6H5N5. The van der Waals surface area contributed by atoms with Crippen molar-refractivity contribution in [2.45, 2.75) is 0 Å². The Morgan fingerprint density at radius 1 is 1.18 bits per heavy atom. The number of rotatable bonds is 1. The van der Waals surface area contributed by atoms with Gasteiger partial charge in [0.15, 0.2) is 5.82 Å². The molecule has 5 nitrogen and oxygen atoms in total. The molecule has 0 spiro atoms. The standard InChI is InChI=1S/C6H5N5/c1-2-7-6(8-3-1)5-4-9-11-10-5/h1-4H,(H,9,10,11). The van der Waals surface area contributed by atoms with Gasteiger partial charge in [0.2, 0.25) is 0 Å². The third-order valence-electron chi connectivity index (χ3n) is 1.21. The molecule has 0 radical (unpaired) electrons. The van der Waals surface area contributed by atoms with Crippen LogP contribution in [-0.4, -0.2) is 25.4 Å². The lowest BCUT2D eigenvalue weighted by Gasteiger charge is -1.88. The Hall–Kier alpha value is -1.78. The van der Waals surface area contributed by atoms with E-state index in [1.54, 1.807) is 24.7 Å². The Morgan fingerprint density at radius 2 is 2.00 bits per heavy atom. The van der Waals surface area contributed by atoms with Gasteiger partial charge in [-0.2, -0.15) is 15.4 Å². The Morgan fingerprint density at radius 3 is 2.64 bits per heavy atom. The van der Waals surface area contributed by atoms with Crippen LogP contribution in [0.15, 0.2) is 24.7 Å². The van der Waals surface area contributed by atoms with Crippen LogP contribution in [0.4, 0.5) is 0 Å². The van der Waals surface area contributed by atoms with Gasteiger partial charge in [-0.3, -0.25) is 0 Å². The van der Waals surface area contributed by atoms with Crippen molar-refractivity contribution in [3.8, 4) is 11.5 Å². The van der Waals surface area contributed by atoms with Crippen molar-refractivity contribution in [2.24, 2.45) is 0 Å². The lowest BCUT2D eigenvalue weighted by Crippen LogP contribution is -1.85. The quantitative estimate of drug-likeness (QED) is 0.628. The van der Waals surface area contributed by atoms with Gasteiger partial charge in [0, 0.05) is 12.4 Å². The molecule has 0 aliphatic carbocycles. The lowest BCUT2D eigenvalue weighted by atomic mass is 10.4. The van der Waals surface area contributed by atoms with E-state index in [2.05, 4.69) is 25.4 Å². The zero-order chi connectivity index (χ0) is 7.52. The third kappa shape index (κ3) is 1.07. The fraction of sp³-hybridized carbons (Fsp3) is 0. The molecule has 0 saturated carbocycles. The van der Waals surface area contributed by atoms with E-state index in [0.29, 0.717) is 11.5 Å². The van der Waals surface area contributed by atoms with Crippen molar-refractivity contribution in [2.75, 3.05) is 0 Å². The maximum absolute atomic E-state index is 3.99. The highest BCUT2D eigenvalue weighted by Gasteiger charge is 2.00. The highest BCUT2D eigenvalue weighted by molar-refractivity contribution is 5.44. The SMILES string of the molecule is c1cnc(-c2cn[nH]n2)nc1. The van der Waals surface area contributed by atoms with E-state index < -0.39 is 0 Å². The molecule has 0 fully saturated rings. The molecule has 2 heterocycles. The van der Waals surface area contributed by atoms with Gasteiger partial charge in [0.25, 0.3) is 0 Å². The van der Waals surface area contributed by atoms with Crippen molar-refractivity contribution in [3.63, 3.8) is 0 Å². The normalized spacial score (nSPS) is 9.82. The molecule has 2 aromatic rings. The van der Waals surface area contributed by atoms with Gasteiger partial charge in [-0.1, -0.05) is 0 Å². The van der Waals surface area contributed by atoms with Crippen molar-refractivity contribution in [3.05, 3.63) is 24.7 Å². The monoisotopic (exact) mass is 147 g/mol. The van der Waals surface area contributed by atoms with Crippen molar-refractivity contribution < 1.29 is 0 Å². The maximum Gasteiger partial charge on any atom is 0.181 e. The summed E-state index contributed by atoms with van der Waals surface area (Å²) in [5.41, 5.74) is 0.658. The van der Waals surface area contributed by atoms with Gasteiger partial charge >= 0.3 is 0 Å². The molecule has 0 atom stereocenters. The van der Waals surface area contributed by atoms with E-state index in [-0.39, 0.29) is 0 Å². The average molecular weight is 147 g/mol. The zero-order valence-electron chi connectivity index (χ0n) is 5.60. The first kappa shape index (κ1) is 5.96. The van der Waals surface area contributed by atoms with Crippen LogP contribution in [0.5, 0.6) is 0 Å². The summed E-state index contributed by atoms with van der Waals surface area (Å²) in [5.74, 6) is 0.584. The predicted octanol–water partition coefficient (Wildman–Crippen LogP) is 0.262. The van der Waals surface area contributed by atoms with E-state index in [4.69, 9.17) is 0 Å². The topological polar surface area (TPSA) is 67.3 Å². The molecule has 0 amide bonds. The predicted molar refractivity (Wildman–Crippen MR) is 37.4 cm³/mol. The molecule has 1 N–H and O–H groups in total. The molecule has 54 valence electrons. The Labute approximate surface area is 62.5 Å². The molecule has 11 heavy (non-hydrogen) atoms. The Kier molecular flexibility index (Phi) is 1.33. The van der Waals surface area contributed by atoms with Gasteiger partial charge in [0.05, 0.1) is 6.20 Å². The average Bonchev–Trinajstić information content (AvgIpc) is 2.58. The zero-order valence-corrected chi connectivity index (χ0v) is 5.60. The van der Waals surface area contributed by atoms with Crippen LogP contribution >= 0.6 is 0 Å².